The van der Waals surface area contributed by atoms with Gasteiger partial charge in [0.15, 0.2) is 0 Å². The molecule has 6 heteroatoms. The van der Waals surface area contributed by atoms with Crippen LogP contribution in [0.4, 0.5) is 5.82 Å². The van der Waals surface area contributed by atoms with Gasteiger partial charge in [-0.05, 0) is 69.1 Å². The molecule has 4 nitrogen and oxygen atoms in total. The second-order valence-corrected chi connectivity index (χ2v) is 9.27. The lowest BCUT2D eigenvalue weighted by molar-refractivity contribution is 0.252. The average Bonchev–Trinajstić information content (AvgIpc) is 3.03. The molecule has 148 valence electrons. The average molecular weight is 415 g/mol. The zero-order valence-electron chi connectivity index (χ0n) is 17.0. The van der Waals surface area contributed by atoms with Crippen LogP contribution in [0.5, 0.6) is 0 Å². The highest BCUT2D eigenvalue weighted by molar-refractivity contribution is 7.19. The standard InChI is InChI=1S/C22H27ClN4S/c1-5-15-6-8-16(9-7-15)18-14(2)28-21-19(18)20(24-22(23)25-21)27(4)17-10-12-26(3)13-11-17/h6-9,17H,5,10-13H2,1-4H3. The van der Waals surface area contributed by atoms with E-state index in [0.717, 1.165) is 48.4 Å². The monoisotopic (exact) mass is 414 g/mol. The Hall–Kier alpha value is -1.69. The first-order valence-electron chi connectivity index (χ1n) is 9.95. The summed E-state index contributed by atoms with van der Waals surface area (Å²) in [6.45, 7) is 6.59. The smallest absolute Gasteiger partial charge is 0.225 e. The van der Waals surface area contributed by atoms with Gasteiger partial charge < -0.3 is 9.80 Å². The van der Waals surface area contributed by atoms with E-state index >= 15 is 0 Å². The second-order valence-electron chi connectivity index (χ2n) is 7.73. The third kappa shape index (κ3) is 3.63. The van der Waals surface area contributed by atoms with Crippen LogP contribution >= 0.6 is 22.9 Å². The molecule has 3 aromatic rings. The number of hydrogen-bond acceptors (Lipinski definition) is 5. The molecule has 0 aliphatic carbocycles. The quantitative estimate of drug-likeness (QED) is 0.534. The predicted octanol–water partition coefficient (Wildman–Crippen LogP) is 5.41. The highest BCUT2D eigenvalue weighted by atomic mass is 35.5. The van der Waals surface area contributed by atoms with Crippen LogP contribution in [0.1, 0.15) is 30.2 Å². The summed E-state index contributed by atoms with van der Waals surface area (Å²) < 4.78 is 0. The van der Waals surface area contributed by atoms with Gasteiger partial charge in [0, 0.05) is 23.5 Å². The molecular weight excluding hydrogens is 388 g/mol. The first-order chi connectivity index (χ1) is 13.5. The van der Waals surface area contributed by atoms with Crippen molar-refractivity contribution in [3.63, 3.8) is 0 Å². The van der Waals surface area contributed by atoms with Gasteiger partial charge in [-0.2, -0.15) is 4.98 Å². The number of halogens is 1. The van der Waals surface area contributed by atoms with Crippen LogP contribution in [0.25, 0.3) is 21.3 Å². The molecule has 0 N–H and O–H groups in total. The third-order valence-corrected chi connectivity index (χ3v) is 7.07. The van der Waals surface area contributed by atoms with E-state index in [-0.39, 0.29) is 0 Å². The van der Waals surface area contributed by atoms with E-state index in [1.54, 1.807) is 11.3 Å². The zero-order chi connectivity index (χ0) is 19.8. The largest absolute Gasteiger partial charge is 0.356 e. The molecule has 4 rings (SSSR count). The minimum atomic E-state index is 0.330. The van der Waals surface area contributed by atoms with E-state index in [1.807, 2.05) is 0 Å². The van der Waals surface area contributed by atoms with E-state index in [2.05, 4.69) is 67.0 Å². The van der Waals surface area contributed by atoms with Crippen LogP contribution in [0.3, 0.4) is 0 Å². The van der Waals surface area contributed by atoms with Crippen molar-refractivity contribution in [2.24, 2.45) is 0 Å². The summed E-state index contributed by atoms with van der Waals surface area (Å²) in [6, 6.07) is 9.36. The maximum atomic E-state index is 6.33. The Balaban J connectivity index is 1.83. The number of hydrogen-bond donors (Lipinski definition) is 0. The van der Waals surface area contributed by atoms with Crippen LogP contribution < -0.4 is 4.90 Å². The van der Waals surface area contributed by atoms with Crippen molar-refractivity contribution >= 4 is 39.0 Å². The van der Waals surface area contributed by atoms with Crippen molar-refractivity contribution in [3.05, 3.63) is 40.0 Å². The van der Waals surface area contributed by atoms with Gasteiger partial charge in [-0.3, -0.25) is 0 Å². The van der Waals surface area contributed by atoms with Gasteiger partial charge in [-0.15, -0.1) is 11.3 Å². The molecule has 1 saturated heterocycles. The predicted molar refractivity (Wildman–Crippen MR) is 121 cm³/mol. The van der Waals surface area contributed by atoms with Gasteiger partial charge in [-0.1, -0.05) is 31.2 Å². The van der Waals surface area contributed by atoms with Crippen LogP contribution in [-0.2, 0) is 6.42 Å². The van der Waals surface area contributed by atoms with Gasteiger partial charge in [0.05, 0.1) is 5.39 Å². The number of nitrogens with zero attached hydrogens (tertiary/aromatic N) is 4. The van der Waals surface area contributed by atoms with Crippen molar-refractivity contribution in [1.29, 1.82) is 0 Å². The summed E-state index contributed by atoms with van der Waals surface area (Å²) in [4.78, 5) is 16.2. The molecule has 0 atom stereocenters. The van der Waals surface area contributed by atoms with Crippen molar-refractivity contribution in [3.8, 4) is 11.1 Å². The normalized spacial score (nSPS) is 16.0. The molecular formula is C22H27ClN4S. The van der Waals surface area contributed by atoms with Gasteiger partial charge in [-0.25, -0.2) is 4.98 Å². The Bertz CT molecular complexity index is 974. The Morgan fingerprint density at radius 2 is 1.86 bits per heavy atom. The minimum absolute atomic E-state index is 0.330. The Morgan fingerprint density at radius 3 is 2.50 bits per heavy atom. The Kier molecular flexibility index (Phi) is 5.59. The fourth-order valence-electron chi connectivity index (χ4n) is 4.13. The van der Waals surface area contributed by atoms with E-state index < -0.39 is 0 Å². The molecule has 0 saturated carbocycles. The molecule has 28 heavy (non-hydrogen) atoms. The van der Waals surface area contributed by atoms with Crippen molar-refractivity contribution in [1.82, 2.24) is 14.9 Å². The number of thiophene rings is 1. The number of likely N-dealkylation sites (tertiary alicyclic amines) is 1. The Labute approximate surface area is 176 Å². The second kappa shape index (κ2) is 7.97. The van der Waals surface area contributed by atoms with Gasteiger partial charge in [0.1, 0.15) is 10.6 Å². The summed E-state index contributed by atoms with van der Waals surface area (Å²) in [6.07, 6.45) is 3.33. The van der Waals surface area contributed by atoms with Crippen LogP contribution in [0.2, 0.25) is 5.28 Å². The summed E-state index contributed by atoms with van der Waals surface area (Å²) >= 11 is 8.03. The number of piperidine rings is 1. The van der Waals surface area contributed by atoms with Crippen molar-refractivity contribution in [2.45, 2.75) is 39.2 Å². The third-order valence-electron chi connectivity index (χ3n) is 5.90. The number of fused-ring (bicyclic) bond motifs is 1. The summed E-state index contributed by atoms with van der Waals surface area (Å²) in [5.41, 5.74) is 3.82. The van der Waals surface area contributed by atoms with E-state index in [9.17, 15) is 0 Å². The molecule has 1 aliphatic heterocycles. The van der Waals surface area contributed by atoms with Crippen LogP contribution in [-0.4, -0.2) is 48.1 Å². The number of anilines is 1. The molecule has 0 amide bonds. The lowest BCUT2D eigenvalue weighted by Crippen LogP contribution is -2.42. The fraction of sp³-hybridized carbons (Fsp3) is 0.455. The highest BCUT2D eigenvalue weighted by Crippen LogP contribution is 2.42. The molecule has 3 heterocycles. The van der Waals surface area contributed by atoms with Crippen LogP contribution in [0.15, 0.2) is 24.3 Å². The van der Waals surface area contributed by atoms with E-state index in [4.69, 9.17) is 16.6 Å². The topological polar surface area (TPSA) is 32.3 Å². The molecule has 1 aromatic carbocycles. The first kappa shape index (κ1) is 19.6. The fourth-order valence-corrected chi connectivity index (χ4v) is 5.39. The number of aryl methyl sites for hydroxylation is 2. The van der Waals surface area contributed by atoms with Crippen molar-refractivity contribution in [2.75, 3.05) is 32.1 Å². The maximum Gasteiger partial charge on any atom is 0.225 e. The number of aromatic nitrogens is 2. The first-order valence-corrected chi connectivity index (χ1v) is 11.1. The van der Waals surface area contributed by atoms with E-state index in [1.165, 1.54) is 21.6 Å². The molecule has 0 spiro atoms. The summed E-state index contributed by atoms with van der Waals surface area (Å²) in [5, 5.41) is 1.47. The molecule has 1 aliphatic rings. The zero-order valence-corrected chi connectivity index (χ0v) is 18.6. The molecule has 2 aromatic heterocycles. The van der Waals surface area contributed by atoms with Gasteiger partial charge in [0.25, 0.3) is 0 Å². The van der Waals surface area contributed by atoms with Crippen molar-refractivity contribution < 1.29 is 0 Å². The number of rotatable bonds is 4. The van der Waals surface area contributed by atoms with Gasteiger partial charge in [0.2, 0.25) is 5.28 Å². The van der Waals surface area contributed by atoms with E-state index in [0.29, 0.717) is 11.3 Å². The minimum Gasteiger partial charge on any atom is -0.356 e. The molecule has 0 bridgehead atoms. The van der Waals surface area contributed by atoms with Crippen LogP contribution in [0, 0.1) is 6.92 Å². The lowest BCUT2D eigenvalue weighted by atomic mass is 10.00. The molecule has 0 radical (unpaired) electrons. The highest BCUT2D eigenvalue weighted by Gasteiger charge is 2.26. The maximum absolute atomic E-state index is 6.33. The summed E-state index contributed by atoms with van der Waals surface area (Å²) in [7, 11) is 4.35. The molecule has 0 unspecified atom stereocenters. The molecule has 1 fully saturated rings. The SMILES string of the molecule is CCc1ccc(-c2c(C)sc3nc(Cl)nc(N(C)C4CCN(C)CC4)c23)cc1. The number of benzene rings is 1. The lowest BCUT2D eigenvalue weighted by Gasteiger charge is -2.36. The van der Waals surface area contributed by atoms with Gasteiger partial charge >= 0.3 is 0 Å². The summed E-state index contributed by atoms with van der Waals surface area (Å²) in [5.74, 6) is 0.962. The Morgan fingerprint density at radius 1 is 1.18 bits per heavy atom.